The molecule has 8 heteroatoms. The van der Waals surface area contributed by atoms with Gasteiger partial charge in [0.05, 0.1) is 10.6 Å². The molecule has 0 spiro atoms. The van der Waals surface area contributed by atoms with Crippen LogP contribution in [0.2, 0.25) is 0 Å². The Kier molecular flexibility index (Phi) is 4.98. The summed E-state index contributed by atoms with van der Waals surface area (Å²) < 4.78 is 26.5. The van der Waals surface area contributed by atoms with E-state index in [0.717, 1.165) is 24.1 Å². The number of nitrogens with zero attached hydrogens (tertiary/aromatic N) is 2. The molecular formula is C16H19N3O3S2. The first-order valence-electron chi connectivity index (χ1n) is 7.86. The van der Waals surface area contributed by atoms with Crippen LogP contribution < -0.4 is 5.32 Å². The molecule has 1 amide bonds. The normalized spacial score (nSPS) is 15.5. The van der Waals surface area contributed by atoms with E-state index in [9.17, 15) is 13.2 Å². The molecule has 1 N–H and O–H groups in total. The van der Waals surface area contributed by atoms with Crippen LogP contribution in [0.1, 0.15) is 26.2 Å². The number of hydrogen-bond acceptors (Lipinski definition) is 5. The molecule has 24 heavy (non-hydrogen) atoms. The fraction of sp³-hybridized carbons (Fsp3) is 0.375. The van der Waals surface area contributed by atoms with Crippen LogP contribution in [0.3, 0.4) is 0 Å². The Morgan fingerprint density at radius 2 is 1.92 bits per heavy atom. The highest BCUT2D eigenvalue weighted by atomic mass is 32.2. The van der Waals surface area contributed by atoms with Crippen molar-refractivity contribution in [2.45, 2.75) is 31.1 Å². The zero-order valence-corrected chi connectivity index (χ0v) is 15.0. The summed E-state index contributed by atoms with van der Waals surface area (Å²) in [5.74, 6) is -0.0806. The summed E-state index contributed by atoms with van der Waals surface area (Å²) in [7, 11) is -3.39. The number of rotatable bonds is 5. The molecule has 0 atom stereocenters. The monoisotopic (exact) mass is 365 g/mol. The van der Waals surface area contributed by atoms with Crippen molar-refractivity contribution in [1.29, 1.82) is 0 Å². The predicted molar refractivity (Wildman–Crippen MR) is 94.5 cm³/mol. The number of anilines is 1. The van der Waals surface area contributed by atoms with Gasteiger partial charge in [0, 0.05) is 30.5 Å². The van der Waals surface area contributed by atoms with Crippen LogP contribution in [0.5, 0.6) is 0 Å². The number of thiazole rings is 1. The quantitative estimate of drug-likeness (QED) is 0.883. The summed E-state index contributed by atoms with van der Waals surface area (Å²) in [6.07, 6.45) is 2.24. The summed E-state index contributed by atoms with van der Waals surface area (Å²) in [4.78, 5) is 16.1. The van der Waals surface area contributed by atoms with Crippen LogP contribution in [0.4, 0.5) is 5.13 Å². The summed E-state index contributed by atoms with van der Waals surface area (Å²) in [5, 5.41) is 5.11. The highest BCUT2D eigenvalue weighted by Gasteiger charge is 2.26. The molecule has 0 aliphatic carbocycles. The fourth-order valence-corrected chi connectivity index (χ4v) is 4.80. The molecule has 0 saturated carbocycles. The smallest absolute Gasteiger partial charge is 0.243 e. The van der Waals surface area contributed by atoms with Gasteiger partial charge in [-0.3, -0.25) is 4.79 Å². The topological polar surface area (TPSA) is 79.4 Å². The molecule has 0 bridgehead atoms. The van der Waals surface area contributed by atoms with Gasteiger partial charge in [-0.2, -0.15) is 4.31 Å². The van der Waals surface area contributed by atoms with Crippen molar-refractivity contribution >= 4 is 32.4 Å². The first-order chi connectivity index (χ1) is 11.5. The minimum atomic E-state index is -3.39. The SMILES string of the molecule is CCC(=O)Nc1nc(-c2ccc(S(=O)(=O)N3CCCC3)cc2)cs1. The number of aromatic nitrogens is 1. The molecule has 1 fully saturated rings. The Hall–Kier alpha value is -1.77. The molecule has 3 rings (SSSR count). The molecule has 0 radical (unpaired) electrons. The van der Waals surface area contributed by atoms with Gasteiger partial charge in [0.2, 0.25) is 15.9 Å². The zero-order valence-electron chi connectivity index (χ0n) is 13.4. The van der Waals surface area contributed by atoms with Crippen molar-refractivity contribution in [3.63, 3.8) is 0 Å². The Bertz CT molecular complexity index is 823. The van der Waals surface area contributed by atoms with Crippen molar-refractivity contribution in [3.8, 4) is 11.3 Å². The Balaban J connectivity index is 1.78. The van der Waals surface area contributed by atoms with E-state index in [1.165, 1.54) is 15.6 Å². The van der Waals surface area contributed by atoms with Crippen molar-refractivity contribution < 1.29 is 13.2 Å². The maximum atomic E-state index is 12.5. The lowest BCUT2D eigenvalue weighted by molar-refractivity contribution is -0.115. The molecule has 2 heterocycles. The third-order valence-corrected chi connectivity index (χ3v) is 6.60. The van der Waals surface area contributed by atoms with Gasteiger partial charge in [-0.05, 0) is 25.0 Å². The average Bonchev–Trinajstić information content (AvgIpc) is 3.27. The highest BCUT2D eigenvalue weighted by molar-refractivity contribution is 7.89. The fourth-order valence-electron chi connectivity index (χ4n) is 2.55. The standard InChI is InChI=1S/C16H19N3O3S2/c1-2-15(20)18-16-17-14(11-23-16)12-5-7-13(8-6-12)24(21,22)19-9-3-4-10-19/h5-8,11H,2-4,9-10H2,1H3,(H,17,18,20). The third-order valence-electron chi connectivity index (χ3n) is 3.92. The molecule has 2 aromatic rings. The molecule has 128 valence electrons. The number of amides is 1. The molecular weight excluding hydrogens is 346 g/mol. The van der Waals surface area contributed by atoms with Crippen LogP contribution in [-0.4, -0.2) is 36.7 Å². The van der Waals surface area contributed by atoms with Crippen molar-refractivity contribution in [1.82, 2.24) is 9.29 Å². The van der Waals surface area contributed by atoms with Crippen molar-refractivity contribution in [2.75, 3.05) is 18.4 Å². The third kappa shape index (κ3) is 3.50. The number of benzene rings is 1. The maximum absolute atomic E-state index is 12.5. The van der Waals surface area contributed by atoms with Gasteiger partial charge in [0.25, 0.3) is 0 Å². The van der Waals surface area contributed by atoms with Gasteiger partial charge in [-0.25, -0.2) is 13.4 Å². The lowest BCUT2D eigenvalue weighted by Gasteiger charge is -2.15. The summed E-state index contributed by atoms with van der Waals surface area (Å²) in [6.45, 7) is 2.97. The van der Waals surface area contributed by atoms with E-state index >= 15 is 0 Å². The first-order valence-corrected chi connectivity index (χ1v) is 10.2. The largest absolute Gasteiger partial charge is 0.302 e. The number of carbonyl (C=O) groups is 1. The second-order valence-corrected chi connectivity index (χ2v) is 8.37. The average molecular weight is 365 g/mol. The van der Waals surface area contributed by atoms with Crippen LogP contribution in [0, 0.1) is 0 Å². The number of hydrogen-bond donors (Lipinski definition) is 1. The van der Waals surface area contributed by atoms with Gasteiger partial charge in [0.15, 0.2) is 5.13 Å². The Morgan fingerprint density at radius 3 is 2.54 bits per heavy atom. The summed E-state index contributed by atoms with van der Waals surface area (Å²) >= 11 is 1.35. The number of nitrogens with one attached hydrogen (secondary N) is 1. The van der Waals surface area contributed by atoms with Gasteiger partial charge < -0.3 is 5.32 Å². The highest BCUT2D eigenvalue weighted by Crippen LogP contribution is 2.27. The van der Waals surface area contributed by atoms with E-state index in [1.54, 1.807) is 31.2 Å². The maximum Gasteiger partial charge on any atom is 0.243 e. The minimum absolute atomic E-state index is 0.0806. The van der Waals surface area contributed by atoms with E-state index in [1.807, 2.05) is 5.38 Å². The van der Waals surface area contributed by atoms with Crippen LogP contribution >= 0.6 is 11.3 Å². The second kappa shape index (κ2) is 7.00. The van der Waals surface area contributed by atoms with Gasteiger partial charge in [-0.1, -0.05) is 19.1 Å². The number of carbonyl (C=O) groups excluding carboxylic acids is 1. The van der Waals surface area contributed by atoms with Gasteiger partial charge in [0.1, 0.15) is 0 Å². The summed E-state index contributed by atoms with van der Waals surface area (Å²) in [6, 6.07) is 6.74. The molecule has 1 aromatic heterocycles. The zero-order chi connectivity index (χ0) is 17.2. The minimum Gasteiger partial charge on any atom is -0.302 e. The summed E-state index contributed by atoms with van der Waals surface area (Å²) in [5.41, 5.74) is 1.54. The van der Waals surface area contributed by atoms with Crippen molar-refractivity contribution in [3.05, 3.63) is 29.6 Å². The lowest BCUT2D eigenvalue weighted by Crippen LogP contribution is -2.27. The van der Waals surface area contributed by atoms with Crippen molar-refractivity contribution in [2.24, 2.45) is 0 Å². The van der Waals surface area contributed by atoms with E-state index < -0.39 is 10.0 Å². The molecule has 1 aromatic carbocycles. The first kappa shape index (κ1) is 17.1. The lowest BCUT2D eigenvalue weighted by atomic mass is 10.2. The molecule has 1 aliphatic rings. The number of sulfonamides is 1. The predicted octanol–water partition coefficient (Wildman–Crippen LogP) is 2.94. The molecule has 1 saturated heterocycles. The van der Waals surface area contributed by atoms with E-state index in [2.05, 4.69) is 10.3 Å². The van der Waals surface area contributed by atoms with Gasteiger partial charge in [-0.15, -0.1) is 11.3 Å². The molecule has 0 unspecified atom stereocenters. The molecule has 6 nitrogen and oxygen atoms in total. The van der Waals surface area contributed by atoms with E-state index in [-0.39, 0.29) is 5.91 Å². The molecule has 1 aliphatic heterocycles. The van der Waals surface area contributed by atoms with E-state index in [0.29, 0.717) is 29.5 Å². The van der Waals surface area contributed by atoms with Crippen LogP contribution in [0.15, 0.2) is 34.5 Å². The second-order valence-electron chi connectivity index (χ2n) is 5.58. The Labute approximate surface area is 145 Å². The van der Waals surface area contributed by atoms with E-state index in [4.69, 9.17) is 0 Å². The van der Waals surface area contributed by atoms with Crippen LogP contribution in [-0.2, 0) is 14.8 Å². The Morgan fingerprint density at radius 1 is 1.25 bits per heavy atom. The van der Waals surface area contributed by atoms with Gasteiger partial charge >= 0.3 is 0 Å². The van der Waals surface area contributed by atoms with Crippen LogP contribution in [0.25, 0.3) is 11.3 Å².